The first-order valence-corrected chi connectivity index (χ1v) is 9.30. The summed E-state index contributed by atoms with van der Waals surface area (Å²) >= 11 is 1.56. The topological polar surface area (TPSA) is 60.5 Å². The lowest BCUT2D eigenvalue weighted by molar-refractivity contribution is 0.0947. The summed E-state index contributed by atoms with van der Waals surface area (Å²) in [7, 11) is 1.61. The van der Waals surface area contributed by atoms with E-state index in [9.17, 15) is 4.79 Å². The van der Waals surface area contributed by atoms with Gasteiger partial charge >= 0.3 is 0 Å². The normalized spacial score (nSPS) is 10.3. The van der Waals surface area contributed by atoms with Crippen LogP contribution in [0.4, 0.5) is 0 Å². The molecule has 3 aromatic rings. The average Bonchev–Trinajstić information content (AvgIpc) is 2.72. The Bertz CT molecular complexity index is 870. The summed E-state index contributed by atoms with van der Waals surface area (Å²) in [5, 5.41) is 3.77. The second-order valence-electron chi connectivity index (χ2n) is 5.58. The minimum absolute atomic E-state index is 0.126. The van der Waals surface area contributed by atoms with E-state index in [0.29, 0.717) is 24.5 Å². The zero-order chi connectivity index (χ0) is 18.9. The molecule has 0 saturated heterocycles. The van der Waals surface area contributed by atoms with Crippen molar-refractivity contribution < 1.29 is 14.3 Å². The SMILES string of the molecule is COc1cccc(OCCNC(=O)c2ccc(Sc3ccccn3)cc2)c1. The minimum atomic E-state index is -0.126. The molecule has 0 aliphatic heterocycles. The van der Waals surface area contributed by atoms with Crippen LogP contribution in [0.5, 0.6) is 11.5 Å². The average molecular weight is 380 g/mol. The fourth-order valence-corrected chi connectivity index (χ4v) is 3.10. The van der Waals surface area contributed by atoms with Gasteiger partial charge in [-0.1, -0.05) is 23.9 Å². The van der Waals surface area contributed by atoms with E-state index in [2.05, 4.69) is 10.3 Å². The summed E-state index contributed by atoms with van der Waals surface area (Å²) < 4.78 is 10.8. The third-order valence-electron chi connectivity index (χ3n) is 3.67. The summed E-state index contributed by atoms with van der Waals surface area (Å²) in [5.74, 6) is 1.32. The Labute approximate surface area is 162 Å². The quantitative estimate of drug-likeness (QED) is 0.598. The smallest absolute Gasteiger partial charge is 0.251 e. The van der Waals surface area contributed by atoms with Crippen molar-refractivity contribution in [2.45, 2.75) is 9.92 Å². The number of hydrogen-bond donors (Lipinski definition) is 1. The highest BCUT2D eigenvalue weighted by molar-refractivity contribution is 7.99. The summed E-state index contributed by atoms with van der Waals surface area (Å²) in [6.07, 6.45) is 1.76. The Morgan fingerprint density at radius 1 is 1.04 bits per heavy atom. The molecular weight excluding hydrogens is 360 g/mol. The molecule has 138 valence electrons. The predicted octanol–water partition coefficient (Wildman–Crippen LogP) is 4.05. The van der Waals surface area contributed by atoms with Gasteiger partial charge in [-0.25, -0.2) is 4.98 Å². The first kappa shape index (κ1) is 18.8. The summed E-state index contributed by atoms with van der Waals surface area (Å²) in [6.45, 7) is 0.799. The van der Waals surface area contributed by atoms with Gasteiger partial charge in [-0.15, -0.1) is 0 Å². The highest BCUT2D eigenvalue weighted by Gasteiger charge is 2.06. The zero-order valence-corrected chi connectivity index (χ0v) is 15.7. The number of nitrogens with zero attached hydrogens (tertiary/aromatic N) is 1. The second kappa shape index (κ2) is 9.64. The molecule has 0 aliphatic carbocycles. The molecule has 1 heterocycles. The van der Waals surface area contributed by atoms with Crippen molar-refractivity contribution in [2.24, 2.45) is 0 Å². The van der Waals surface area contributed by atoms with E-state index < -0.39 is 0 Å². The Kier molecular flexibility index (Phi) is 6.71. The van der Waals surface area contributed by atoms with Crippen molar-refractivity contribution >= 4 is 17.7 Å². The van der Waals surface area contributed by atoms with Crippen molar-refractivity contribution in [3.63, 3.8) is 0 Å². The van der Waals surface area contributed by atoms with E-state index in [-0.39, 0.29) is 5.91 Å². The number of hydrogen-bond acceptors (Lipinski definition) is 5. The third-order valence-corrected chi connectivity index (χ3v) is 4.63. The number of pyridine rings is 1. The summed E-state index contributed by atoms with van der Waals surface area (Å²) in [4.78, 5) is 17.5. The number of ether oxygens (including phenoxy) is 2. The molecule has 1 aromatic heterocycles. The molecule has 0 bridgehead atoms. The van der Waals surface area contributed by atoms with Gasteiger partial charge in [-0.2, -0.15) is 0 Å². The van der Waals surface area contributed by atoms with Gasteiger partial charge in [0.15, 0.2) is 0 Å². The summed E-state index contributed by atoms with van der Waals surface area (Å²) in [6, 6.07) is 20.6. The van der Waals surface area contributed by atoms with Gasteiger partial charge in [0, 0.05) is 22.7 Å². The Hall–Kier alpha value is -2.99. The van der Waals surface area contributed by atoms with E-state index in [1.165, 1.54) is 0 Å². The third kappa shape index (κ3) is 5.76. The van der Waals surface area contributed by atoms with Gasteiger partial charge in [-0.05, 0) is 48.5 Å². The van der Waals surface area contributed by atoms with Crippen molar-refractivity contribution in [3.8, 4) is 11.5 Å². The van der Waals surface area contributed by atoms with Gasteiger partial charge in [0.1, 0.15) is 23.1 Å². The molecule has 0 saturated carbocycles. The lowest BCUT2D eigenvalue weighted by Crippen LogP contribution is -2.28. The molecule has 0 atom stereocenters. The number of benzene rings is 2. The first-order valence-electron chi connectivity index (χ1n) is 8.48. The van der Waals surface area contributed by atoms with E-state index in [4.69, 9.17) is 9.47 Å². The fraction of sp³-hybridized carbons (Fsp3) is 0.143. The van der Waals surface area contributed by atoms with Crippen LogP contribution in [-0.4, -0.2) is 31.2 Å². The van der Waals surface area contributed by atoms with Crippen LogP contribution in [0.25, 0.3) is 0 Å². The number of nitrogens with one attached hydrogen (secondary N) is 1. The van der Waals surface area contributed by atoms with Crippen LogP contribution in [0, 0.1) is 0 Å². The Balaban J connectivity index is 1.45. The molecular formula is C21H20N2O3S. The number of rotatable bonds is 8. The number of amides is 1. The molecule has 0 unspecified atom stereocenters. The predicted molar refractivity (Wildman–Crippen MR) is 106 cm³/mol. The fourth-order valence-electron chi connectivity index (χ4n) is 2.33. The molecule has 1 amide bonds. The maximum absolute atomic E-state index is 12.2. The van der Waals surface area contributed by atoms with Gasteiger partial charge in [0.05, 0.1) is 13.7 Å². The highest BCUT2D eigenvalue weighted by atomic mass is 32.2. The van der Waals surface area contributed by atoms with Crippen LogP contribution < -0.4 is 14.8 Å². The highest BCUT2D eigenvalue weighted by Crippen LogP contribution is 2.25. The monoisotopic (exact) mass is 380 g/mol. The minimum Gasteiger partial charge on any atom is -0.497 e. The standard InChI is InChI=1S/C21H20N2O3S/c1-25-17-5-4-6-18(15-17)26-14-13-23-21(24)16-8-10-19(11-9-16)27-20-7-2-3-12-22-20/h2-12,15H,13-14H2,1H3,(H,23,24). The second-order valence-corrected chi connectivity index (χ2v) is 6.67. The molecule has 2 aromatic carbocycles. The summed E-state index contributed by atoms with van der Waals surface area (Å²) in [5.41, 5.74) is 0.613. The molecule has 0 aliphatic rings. The zero-order valence-electron chi connectivity index (χ0n) is 14.9. The van der Waals surface area contributed by atoms with Crippen molar-refractivity contribution in [1.29, 1.82) is 0 Å². The first-order chi connectivity index (χ1) is 13.2. The molecule has 1 N–H and O–H groups in total. The molecule has 6 heteroatoms. The maximum Gasteiger partial charge on any atom is 0.251 e. The van der Waals surface area contributed by atoms with E-state index in [0.717, 1.165) is 15.7 Å². The molecule has 0 fully saturated rings. The van der Waals surface area contributed by atoms with Crippen molar-refractivity contribution in [3.05, 3.63) is 78.5 Å². The van der Waals surface area contributed by atoms with E-state index in [1.807, 2.05) is 60.7 Å². The number of carbonyl (C=O) groups is 1. The number of methoxy groups -OCH3 is 1. The van der Waals surface area contributed by atoms with E-state index in [1.54, 1.807) is 31.1 Å². The van der Waals surface area contributed by atoms with Gasteiger partial charge in [-0.3, -0.25) is 4.79 Å². The van der Waals surface area contributed by atoms with Gasteiger partial charge in [0.25, 0.3) is 5.91 Å². The van der Waals surface area contributed by atoms with Gasteiger partial charge < -0.3 is 14.8 Å². The van der Waals surface area contributed by atoms with Crippen LogP contribution in [0.2, 0.25) is 0 Å². The molecule has 27 heavy (non-hydrogen) atoms. The maximum atomic E-state index is 12.2. The molecule has 0 spiro atoms. The van der Waals surface area contributed by atoms with Crippen LogP contribution in [-0.2, 0) is 0 Å². The molecule has 3 rings (SSSR count). The van der Waals surface area contributed by atoms with E-state index >= 15 is 0 Å². The van der Waals surface area contributed by atoms with Gasteiger partial charge in [0.2, 0.25) is 0 Å². The lowest BCUT2D eigenvalue weighted by atomic mass is 10.2. The number of aromatic nitrogens is 1. The van der Waals surface area contributed by atoms with Crippen LogP contribution >= 0.6 is 11.8 Å². The Morgan fingerprint density at radius 3 is 2.59 bits per heavy atom. The molecule has 5 nitrogen and oxygen atoms in total. The largest absolute Gasteiger partial charge is 0.497 e. The van der Waals surface area contributed by atoms with Crippen molar-refractivity contribution in [2.75, 3.05) is 20.3 Å². The van der Waals surface area contributed by atoms with Crippen LogP contribution in [0.3, 0.4) is 0 Å². The molecule has 0 radical (unpaired) electrons. The van der Waals surface area contributed by atoms with Crippen LogP contribution in [0.15, 0.2) is 82.8 Å². The lowest BCUT2D eigenvalue weighted by Gasteiger charge is -2.09. The Morgan fingerprint density at radius 2 is 1.85 bits per heavy atom. The number of carbonyl (C=O) groups excluding carboxylic acids is 1. The van der Waals surface area contributed by atoms with Crippen molar-refractivity contribution in [1.82, 2.24) is 10.3 Å². The van der Waals surface area contributed by atoms with Crippen LogP contribution in [0.1, 0.15) is 10.4 Å².